The van der Waals surface area contributed by atoms with Crippen molar-refractivity contribution in [2.24, 2.45) is 0 Å². The average molecular weight is 300 g/mol. The third kappa shape index (κ3) is 4.07. The Bertz CT molecular complexity index is 697. The second-order valence-corrected chi connectivity index (χ2v) is 5.42. The molecule has 0 bridgehead atoms. The number of hydrogen-bond acceptors (Lipinski definition) is 1. The minimum Gasteiger partial charge on any atom is -0.330 e. The maximum Gasteiger partial charge on any atom is 0.254 e. The van der Waals surface area contributed by atoms with Gasteiger partial charge in [0.1, 0.15) is 0 Å². The molecule has 2 nitrogen and oxygen atoms in total. The quantitative estimate of drug-likeness (QED) is 0.687. The zero-order chi connectivity index (χ0) is 15.9. The summed E-state index contributed by atoms with van der Waals surface area (Å²) in [7, 11) is 0. The first-order valence-electron chi connectivity index (χ1n) is 7.66. The van der Waals surface area contributed by atoms with Crippen molar-refractivity contribution >= 4 is 5.91 Å². The van der Waals surface area contributed by atoms with Crippen molar-refractivity contribution in [2.75, 3.05) is 0 Å². The number of carbonyl (C=O) groups is 1. The molecule has 0 heterocycles. The molecular weight excluding hydrogens is 282 g/mol. The molecule has 0 aromatic heterocycles. The van der Waals surface area contributed by atoms with E-state index in [0.29, 0.717) is 18.7 Å². The minimum atomic E-state index is 0.0340. The van der Waals surface area contributed by atoms with Crippen molar-refractivity contribution in [3.63, 3.8) is 0 Å². The van der Waals surface area contributed by atoms with Crippen LogP contribution in [0.3, 0.4) is 0 Å². The van der Waals surface area contributed by atoms with Gasteiger partial charge in [-0.3, -0.25) is 4.79 Å². The SMILES string of the molecule is O=C(c1cc[c]cc1)N(Cc1ccccc1)Cc1ccccc1. The van der Waals surface area contributed by atoms with Crippen LogP contribution in [0, 0.1) is 6.07 Å². The molecule has 0 saturated carbocycles. The zero-order valence-corrected chi connectivity index (χ0v) is 12.9. The van der Waals surface area contributed by atoms with E-state index in [1.807, 2.05) is 77.7 Å². The molecule has 0 spiro atoms. The highest BCUT2D eigenvalue weighted by atomic mass is 16.2. The topological polar surface area (TPSA) is 20.3 Å². The lowest BCUT2D eigenvalue weighted by molar-refractivity contribution is 0.0730. The third-order valence-corrected chi connectivity index (χ3v) is 3.68. The van der Waals surface area contributed by atoms with Crippen LogP contribution in [0.25, 0.3) is 0 Å². The Kier molecular flexibility index (Phi) is 4.85. The highest BCUT2D eigenvalue weighted by Crippen LogP contribution is 2.14. The van der Waals surface area contributed by atoms with Gasteiger partial charge in [0.05, 0.1) is 0 Å². The summed E-state index contributed by atoms with van der Waals surface area (Å²) in [5.41, 5.74) is 2.94. The van der Waals surface area contributed by atoms with Crippen LogP contribution >= 0.6 is 0 Å². The summed E-state index contributed by atoms with van der Waals surface area (Å²) < 4.78 is 0. The van der Waals surface area contributed by atoms with Crippen LogP contribution in [0.2, 0.25) is 0 Å². The molecule has 113 valence electrons. The van der Waals surface area contributed by atoms with Crippen LogP contribution in [0.5, 0.6) is 0 Å². The molecule has 23 heavy (non-hydrogen) atoms. The summed E-state index contributed by atoms with van der Waals surface area (Å²) >= 11 is 0. The van der Waals surface area contributed by atoms with Crippen molar-refractivity contribution in [2.45, 2.75) is 13.1 Å². The van der Waals surface area contributed by atoms with Crippen LogP contribution in [0.15, 0.2) is 84.9 Å². The second-order valence-electron chi connectivity index (χ2n) is 5.42. The van der Waals surface area contributed by atoms with Crippen molar-refractivity contribution < 1.29 is 4.79 Å². The van der Waals surface area contributed by atoms with Gasteiger partial charge in [-0.05, 0) is 29.3 Å². The van der Waals surface area contributed by atoms with Gasteiger partial charge >= 0.3 is 0 Å². The van der Waals surface area contributed by atoms with E-state index in [0.717, 1.165) is 11.1 Å². The van der Waals surface area contributed by atoms with E-state index in [-0.39, 0.29) is 5.91 Å². The van der Waals surface area contributed by atoms with Gasteiger partial charge in [-0.25, -0.2) is 0 Å². The molecule has 3 aromatic rings. The molecule has 3 aromatic carbocycles. The molecule has 1 radical (unpaired) electrons. The lowest BCUT2D eigenvalue weighted by Crippen LogP contribution is -2.30. The first-order chi connectivity index (χ1) is 11.3. The van der Waals surface area contributed by atoms with E-state index in [1.165, 1.54) is 0 Å². The molecule has 0 unspecified atom stereocenters. The van der Waals surface area contributed by atoms with Crippen molar-refractivity contribution in [1.29, 1.82) is 0 Å². The maximum absolute atomic E-state index is 12.9. The maximum atomic E-state index is 12.9. The number of benzene rings is 3. The van der Waals surface area contributed by atoms with E-state index in [9.17, 15) is 4.79 Å². The Morgan fingerprint density at radius 2 is 1.22 bits per heavy atom. The second kappa shape index (κ2) is 7.41. The van der Waals surface area contributed by atoms with Gasteiger partial charge < -0.3 is 4.90 Å². The average Bonchev–Trinajstić information content (AvgIpc) is 2.63. The van der Waals surface area contributed by atoms with Gasteiger partial charge in [0.25, 0.3) is 5.91 Å². The van der Waals surface area contributed by atoms with E-state index in [2.05, 4.69) is 6.07 Å². The number of nitrogens with zero attached hydrogens (tertiary/aromatic N) is 1. The summed E-state index contributed by atoms with van der Waals surface area (Å²) in [6.45, 7) is 1.18. The molecule has 0 atom stereocenters. The van der Waals surface area contributed by atoms with E-state index < -0.39 is 0 Å². The Hall–Kier alpha value is -2.87. The van der Waals surface area contributed by atoms with Gasteiger partial charge in [0.2, 0.25) is 0 Å². The fourth-order valence-electron chi connectivity index (χ4n) is 2.52. The van der Waals surface area contributed by atoms with Crippen molar-refractivity contribution in [3.8, 4) is 0 Å². The highest BCUT2D eigenvalue weighted by Gasteiger charge is 2.16. The zero-order valence-electron chi connectivity index (χ0n) is 12.9. The molecule has 0 aliphatic heterocycles. The number of amides is 1. The first-order valence-corrected chi connectivity index (χ1v) is 7.66. The van der Waals surface area contributed by atoms with Gasteiger partial charge in [0.15, 0.2) is 0 Å². The standard InChI is InChI=1S/C21H18NO/c23-21(20-14-8-3-9-15-20)22(16-18-10-4-1-5-11-18)17-19-12-6-2-7-13-19/h1-2,4-15H,16-17H2. The van der Waals surface area contributed by atoms with Crippen LogP contribution in [0.1, 0.15) is 21.5 Å². The molecule has 0 fully saturated rings. The summed E-state index contributed by atoms with van der Waals surface area (Å²) in [6.07, 6.45) is 0. The lowest BCUT2D eigenvalue weighted by atomic mass is 10.1. The Labute approximate surface area is 137 Å². The summed E-state index contributed by atoms with van der Waals surface area (Å²) in [5, 5.41) is 0. The van der Waals surface area contributed by atoms with Gasteiger partial charge in [-0.15, -0.1) is 0 Å². The summed E-state index contributed by atoms with van der Waals surface area (Å²) in [6, 6.07) is 30.3. The van der Waals surface area contributed by atoms with Crippen LogP contribution in [0.4, 0.5) is 0 Å². The predicted octanol–water partition coefficient (Wildman–Crippen LogP) is 4.33. The highest BCUT2D eigenvalue weighted by molar-refractivity contribution is 5.94. The number of rotatable bonds is 5. The van der Waals surface area contributed by atoms with Crippen LogP contribution < -0.4 is 0 Å². The molecule has 2 heteroatoms. The minimum absolute atomic E-state index is 0.0340. The van der Waals surface area contributed by atoms with E-state index >= 15 is 0 Å². The fourth-order valence-corrected chi connectivity index (χ4v) is 2.52. The van der Waals surface area contributed by atoms with Crippen molar-refractivity contribution in [3.05, 3.63) is 108 Å². The third-order valence-electron chi connectivity index (χ3n) is 3.68. The molecule has 0 saturated heterocycles. The molecule has 1 amide bonds. The predicted molar refractivity (Wildman–Crippen MR) is 91.7 cm³/mol. The molecule has 0 N–H and O–H groups in total. The Morgan fingerprint density at radius 3 is 1.70 bits per heavy atom. The number of hydrogen-bond donors (Lipinski definition) is 0. The van der Waals surface area contributed by atoms with Gasteiger partial charge in [0, 0.05) is 18.7 Å². The van der Waals surface area contributed by atoms with Gasteiger partial charge in [-0.1, -0.05) is 72.8 Å². The Balaban J connectivity index is 1.85. The number of carbonyl (C=O) groups excluding carboxylic acids is 1. The summed E-state index contributed by atoms with van der Waals surface area (Å²) in [5.74, 6) is 0.0340. The van der Waals surface area contributed by atoms with Gasteiger partial charge in [-0.2, -0.15) is 0 Å². The first kappa shape index (κ1) is 15.0. The van der Waals surface area contributed by atoms with E-state index in [1.54, 1.807) is 12.1 Å². The smallest absolute Gasteiger partial charge is 0.254 e. The van der Waals surface area contributed by atoms with Crippen molar-refractivity contribution in [1.82, 2.24) is 4.90 Å². The molecule has 3 rings (SSSR count). The van der Waals surface area contributed by atoms with Crippen LogP contribution in [-0.2, 0) is 13.1 Å². The van der Waals surface area contributed by atoms with Crippen LogP contribution in [-0.4, -0.2) is 10.8 Å². The Morgan fingerprint density at radius 1 is 0.739 bits per heavy atom. The molecule has 0 aliphatic rings. The monoisotopic (exact) mass is 300 g/mol. The fraction of sp³-hybridized carbons (Fsp3) is 0.0952. The normalized spacial score (nSPS) is 10.3. The summed E-state index contributed by atoms with van der Waals surface area (Å²) in [4.78, 5) is 14.7. The van der Waals surface area contributed by atoms with E-state index in [4.69, 9.17) is 0 Å². The largest absolute Gasteiger partial charge is 0.330 e. The molecule has 0 aliphatic carbocycles. The lowest BCUT2D eigenvalue weighted by Gasteiger charge is -2.23. The molecular formula is C21H18NO.